The summed E-state index contributed by atoms with van der Waals surface area (Å²) in [4.78, 5) is 3.94. The van der Waals surface area contributed by atoms with E-state index in [2.05, 4.69) is 11.9 Å². The Balaban J connectivity index is 2.09. The van der Waals surface area contributed by atoms with Gasteiger partial charge in [-0.05, 0) is 37.0 Å². The molecule has 0 bridgehead atoms. The molecule has 16 heavy (non-hydrogen) atoms. The van der Waals surface area contributed by atoms with Crippen LogP contribution in [-0.2, 0) is 11.2 Å². The first-order chi connectivity index (χ1) is 7.83. The van der Waals surface area contributed by atoms with Crippen LogP contribution in [0.5, 0.6) is 0 Å². The van der Waals surface area contributed by atoms with E-state index in [9.17, 15) is 5.11 Å². The summed E-state index contributed by atoms with van der Waals surface area (Å²) in [5.41, 5.74) is 1.12. The van der Waals surface area contributed by atoms with Crippen molar-refractivity contribution >= 4 is 0 Å². The SMILES string of the molecule is CCCCOCCC(O)Cc1ccncc1. The minimum atomic E-state index is -0.316. The number of nitrogens with zero attached hydrogens (tertiary/aromatic N) is 1. The van der Waals surface area contributed by atoms with Crippen molar-refractivity contribution in [3.05, 3.63) is 30.1 Å². The lowest BCUT2D eigenvalue weighted by molar-refractivity contribution is 0.0807. The number of unbranched alkanes of at least 4 members (excludes halogenated alkanes) is 1. The predicted octanol–water partition coefficient (Wildman–Crippen LogP) is 2.19. The van der Waals surface area contributed by atoms with Crippen molar-refractivity contribution in [1.82, 2.24) is 4.98 Å². The molecular formula is C13H21NO2. The fraction of sp³-hybridized carbons (Fsp3) is 0.615. The Kier molecular flexibility index (Phi) is 6.77. The van der Waals surface area contributed by atoms with E-state index in [1.165, 1.54) is 0 Å². The third-order valence-electron chi connectivity index (χ3n) is 2.46. The summed E-state index contributed by atoms with van der Waals surface area (Å²) in [5, 5.41) is 9.76. The molecule has 1 aromatic rings. The molecule has 3 nitrogen and oxygen atoms in total. The Hall–Kier alpha value is -0.930. The molecule has 0 saturated carbocycles. The van der Waals surface area contributed by atoms with Gasteiger partial charge in [-0.3, -0.25) is 4.98 Å². The molecule has 0 aliphatic heterocycles. The van der Waals surface area contributed by atoms with E-state index in [4.69, 9.17) is 4.74 Å². The van der Waals surface area contributed by atoms with Gasteiger partial charge in [0.1, 0.15) is 0 Å². The Morgan fingerprint density at radius 1 is 1.31 bits per heavy atom. The smallest absolute Gasteiger partial charge is 0.0602 e. The monoisotopic (exact) mass is 223 g/mol. The third-order valence-corrected chi connectivity index (χ3v) is 2.46. The lowest BCUT2D eigenvalue weighted by atomic mass is 10.1. The van der Waals surface area contributed by atoms with Crippen molar-refractivity contribution in [1.29, 1.82) is 0 Å². The van der Waals surface area contributed by atoms with E-state index in [1.807, 2.05) is 12.1 Å². The Labute approximate surface area is 97.5 Å². The van der Waals surface area contributed by atoms with Crippen molar-refractivity contribution < 1.29 is 9.84 Å². The van der Waals surface area contributed by atoms with Crippen LogP contribution in [0.4, 0.5) is 0 Å². The molecule has 0 aliphatic carbocycles. The highest BCUT2D eigenvalue weighted by atomic mass is 16.5. The minimum absolute atomic E-state index is 0.316. The molecule has 0 aliphatic rings. The zero-order valence-electron chi connectivity index (χ0n) is 9.93. The second-order valence-electron chi connectivity index (χ2n) is 3.97. The first kappa shape index (κ1) is 13.1. The molecule has 0 amide bonds. The molecule has 0 radical (unpaired) electrons. The highest BCUT2D eigenvalue weighted by molar-refractivity contribution is 5.10. The Morgan fingerprint density at radius 2 is 2.06 bits per heavy atom. The zero-order valence-corrected chi connectivity index (χ0v) is 9.93. The molecule has 0 fully saturated rings. The van der Waals surface area contributed by atoms with Gasteiger partial charge in [0.15, 0.2) is 0 Å². The first-order valence-corrected chi connectivity index (χ1v) is 5.97. The van der Waals surface area contributed by atoms with Crippen LogP contribution in [-0.4, -0.2) is 29.4 Å². The van der Waals surface area contributed by atoms with Crippen LogP contribution in [0.1, 0.15) is 31.7 Å². The molecule has 0 spiro atoms. The van der Waals surface area contributed by atoms with E-state index in [-0.39, 0.29) is 6.10 Å². The molecule has 1 heterocycles. The summed E-state index contributed by atoms with van der Waals surface area (Å²) >= 11 is 0. The standard InChI is InChI=1S/C13H21NO2/c1-2-3-9-16-10-6-13(15)11-12-4-7-14-8-5-12/h4-5,7-8,13,15H,2-3,6,9-11H2,1H3. The number of ether oxygens (including phenoxy) is 1. The maximum atomic E-state index is 9.76. The summed E-state index contributed by atoms with van der Waals surface area (Å²) < 4.78 is 5.41. The topological polar surface area (TPSA) is 42.4 Å². The summed E-state index contributed by atoms with van der Waals surface area (Å²) in [7, 11) is 0. The summed E-state index contributed by atoms with van der Waals surface area (Å²) in [6, 6.07) is 3.86. The van der Waals surface area contributed by atoms with Crippen molar-refractivity contribution in [2.45, 2.75) is 38.7 Å². The van der Waals surface area contributed by atoms with E-state index in [0.29, 0.717) is 19.4 Å². The van der Waals surface area contributed by atoms with E-state index in [0.717, 1.165) is 25.0 Å². The Bertz CT molecular complexity index is 264. The minimum Gasteiger partial charge on any atom is -0.393 e. The molecule has 0 aromatic carbocycles. The second kappa shape index (κ2) is 8.25. The van der Waals surface area contributed by atoms with Crippen molar-refractivity contribution in [2.75, 3.05) is 13.2 Å². The quantitative estimate of drug-likeness (QED) is 0.687. The molecule has 0 saturated heterocycles. The lowest BCUT2D eigenvalue weighted by Gasteiger charge is -2.10. The van der Waals surface area contributed by atoms with Crippen LogP contribution in [0, 0.1) is 0 Å². The van der Waals surface area contributed by atoms with Crippen LogP contribution in [0.25, 0.3) is 0 Å². The first-order valence-electron chi connectivity index (χ1n) is 5.97. The molecule has 1 aromatic heterocycles. The van der Waals surface area contributed by atoms with Crippen LogP contribution < -0.4 is 0 Å². The zero-order chi connectivity index (χ0) is 11.6. The highest BCUT2D eigenvalue weighted by Crippen LogP contribution is 2.04. The maximum absolute atomic E-state index is 9.76. The number of hydrogen-bond acceptors (Lipinski definition) is 3. The van der Waals surface area contributed by atoms with E-state index in [1.54, 1.807) is 12.4 Å². The summed E-state index contributed by atoms with van der Waals surface area (Å²) in [5.74, 6) is 0. The van der Waals surface area contributed by atoms with Gasteiger partial charge >= 0.3 is 0 Å². The number of pyridine rings is 1. The van der Waals surface area contributed by atoms with Gasteiger partial charge in [0.2, 0.25) is 0 Å². The van der Waals surface area contributed by atoms with Gasteiger partial charge in [-0.25, -0.2) is 0 Å². The van der Waals surface area contributed by atoms with Crippen molar-refractivity contribution in [3.63, 3.8) is 0 Å². The second-order valence-corrected chi connectivity index (χ2v) is 3.97. The van der Waals surface area contributed by atoms with Gasteiger partial charge < -0.3 is 9.84 Å². The van der Waals surface area contributed by atoms with Crippen molar-refractivity contribution in [2.24, 2.45) is 0 Å². The van der Waals surface area contributed by atoms with Crippen LogP contribution >= 0.6 is 0 Å². The highest BCUT2D eigenvalue weighted by Gasteiger charge is 2.05. The molecule has 1 rings (SSSR count). The molecule has 3 heteroatoms. The molecule has 1 atom stereocenters. The number of rotatable bonds is 8. The largest absolute Gasteiger partial charge is 0.393 e. The van der Waals surface area contributed by atoms with Gasteiger partial charge in [0, 0.05) is 25.6 Å². The Morgan fingerprint density at radius 3 is 2.75 bits per heavy atom. The maximum Gasteiger partial charge on any atom is 0.0602 e. The van der Waals surface area contributed by atoms with Crippen LogP contribution in [0.3, 0.4) is 0 Å². The number of aliphatic hydroxyl groups is 1. The third kappa shape index (κ3) is 5.83. The average molecular weight is 223 g/mol. The van der Waals surface area contributed by atoms with Crippen molar-refractivity contribution in [3.8, 4) is 0 Å². The molecular weight excluding hydrogens is 202 g/mol. The molecule has 90 valence electrons. The van der Waals surface area contributed by atoms with E-state index < -0.39 is 0 Å². The number of hydrogen-bond donors (Lipinski definition) is 1. The van der Waals surface area contributed by atoms with Gasteiger partial charge in [-0.1, -0.05) is 13.3 Å². The van der Waals surface area contributed by atoms with Crippen LogP contribution in [0.15, 0.2) is 24.5 Å². The van der Waals surface area contributed by atoms with Gasteiger partial charge in [-0.2, -0.15) is 0 Å². The fourth-order valence-corrected chi connectivity index (χ4v) is 1.46. The number of aromatic nitrogens is 1. The van der Waals surface area contributed by atoms with E-state index >= 15 is 0 Å². The normalized spacial score (nSPS) is 12.6. The van der Waals surface area contributed by atoms with Gasteiger partial charge in [0.25, 0.3) is 0 Å². The van der Waals surface area contributed by atoms with Gasteiger partial charge in [-0.15, -0.1) is 0 Å². The fourth-order valence-electron chi connectivity index (χ4n) is 1.46. The molecule has 1 unspecified atom stereocenters. The molecule has 1 N–H and O–H groups in total. The predicted molar refractivity (Wildman–Crippen MR) is 64.3 cm³/mol. The summed E-state index contributed by atoms with van der Waals surface area (Å²) in [6.45, 7) is 3.59. The number of aliphatic hydroxyl groups excluding tert-OH is 1. The average Bonchev–Trinajstić information content (AvgIpc) is 2.30. The van der Waals surface area contributed by atoms with Crippen LogP contribution in [0.2, 0.25) is 0 Å². The van der Waals surface area contributed by atoms with Gasteiger partial charge in [0.05, 0.1) is 6.10 Å². The summed E-state index contributed by atoms with van der Waals surface area (Å²) in [6.07, 6.45) is 6.81. The lowest BCUT2D eigenvalue weighted by Crippen LogP contribution is -2.14.